The zero-order valence-corrected chi connectivity index (χ0v) is 16.9. The van der Waals surface area contributed by atoms with E-state index >= 15 is 0 Å². The molecule has 3 aromatic rings. The van der Waals surface area contributed by atoms with E-state index in [1.54, 1.807) is 16.7 Å². The molecule has 1 aromatic heterocycles. The molecule has 0 atom stereocenters. The first-order chi connectivity index (χ1) is 13.5. The molecule has 0 bridgehead atoms. The highest BCUT2D eigenvalue weighted by atomic mass is 32.2. The number of nitrogens with zero attached hydrogens (tertiary/aromatic N) is 4. The number of rotatable bonds is 4. The van der Waals surface area contributed by atoms with Gasteiger partial charge in [0.2, 0.25) is 10.0 Å². The Bertz CT molecular complexity index is 1070. The van der Waals surface area contributed by atoms with Gasteiger partial charge in [-0.3, -0.25) is 0 Å². The van der Waals surface area contributed by atoms with Gasteiger partial charge in [0.25, 0.3) is 0 Å². The lowest BCUT2D eigenvalue weighted by atomic mass is 10.1. The largest absolute Gasteiger partial charge is 0.310 e. The Balaban J connectivity index is 1.52. The van der Waals surface area contributed by atoms with Crippen LogP contribution in [0.15, 0.2) is 59.8 Å². The van der Waals surface area contributed by atoms with Gasteiger partial charge in [-0.05, 0) is 38.3 Å². The summed E-state index contributed by atoms with van der Waals surface area (Å²) in [4.78, 5) is 0.408. The van der Waals surface area contributed by atoms with E-state index in [0.717, 1.165) is 35.4 Å². The van der Waals surface area contributed by atoms with Crippen LogP contribution in [-0.4, -0.2) is 40.6 Å². The number of hydrogen-bond donors (Lipinski definition) is 0. The fourth-order valence-electron chi connectivity index (χ4n) is 3.89. The third-order valence-electron chi connectivity index (χ3n) is 5.37. The standard InChI is InChI=1S/C21H24N4O2S/c1-16-8-9-20(17(2)14-16)28(26,27)24-12-10-19(11-13-24)25-15-22-23-21(25)18-6-4-3-5-7-18/h3-9,14-15,19H,10-13H2,1-2H3. The summed E-state index contributed by atoms with van der Waals surface area (Å²) >= 11 is 0. The summed E-state index contributed by atoms with van der Waals surface area (Å²) < 4.78 is 29.9. The fourth-order valence-corrected chi connectivity index (χ4v) is 5.57. The Morgan fingerprint density at radius 3 is 2.39 bits per heavy atom. The number of sulfonamides is 1. The SMILES string of the molecule is Cc1ccc(S(=O)(=O)N2CCC(n3cnnc3-c3ccccc3)CC2)c(C)c1. The maximum absolute atomic E-state index is 13.1. The zero-order chi connectivity index (χ0) is 19.7. The molecule has 4 rings (SSSR count). The first-order valence-electron chi connectivity index (χ1n) is 9.49. The smallest absolute Gasteiger partial charge is 0.243 e. The van der Waals surface area contributed by atoms with Gasteiger partial charge in [-0.15, -0.1) is 10.2 Å². The van der Waals surface area contributed by atoms with Crippen molar-refractivity contribution in [3.05, 3.63) is 66.0 Å². The van der Waals surface area contributed by atoms with Crippen molar-refractivity contribution >= 4 is 10.0 Å². The van der Waals surface area contributed by atoms with Gasteiger partial charge in [0.05, 0.1) is 4.90 Å². The lowest BCUT2D eigenvalue weighted by Gasteiger charge is -2.32. The average Bonchev–Trinajstić information content (AvgIpc) is 3.18. The second-order valence-corrected chi connectivity index (χ2v) is 9.24. The highest BCUT2D eigenvalue weighted by Gasteiger charge is 2.31. The van der Waals surface area contributed by atoms with E-state index < -0.39 is 10.0 Å². The van der Waals surface area contributed by atoms with Crippen LogP contribution in [0.4, 0.5) is 0 Å². The van der Waals surface area contributed by atoms with Crippen LogP contribution < -0.4 is 0 Å². The van der Waals surface area contributed by atoms with E-state index in [4.69, 9.17) is 0 Å². The minimum Gasteiger partial charge on any atom is -0.310 e. The van der Waals surface area contributed by atoms with Gasteiger partial charge in [0, 0.05) is 24.7 Å². The number of aryl methyl sites for hydroxylation is 2. The van der Waals surface area contributed by atoms with Crippen LogP contribution in [-0.2, 0) is 10.0 Å². The highest BCUT2D eigenvalue weighted by Crippen LogP contribution is 2.30. The van der Waals surface area contributed by atoms with Crippen LogP contribution >= 0.6 is 0 Å². The van der Waals surface area contributed by atoms with Crippen molar-refractivity contribution < 1.29 is 8.42 Å². The average molecular weight is 397 g/mol. The molecule has 0 aliphatic carbocycles. The third-order valence-corrected chi connectivity index (χ3v) is 7.43. The van der Waals surface area contributed by atoms with Gasteiger partial charge >= 0.3 is 0 Å². The number of piperidine rings is 1. The van der Waals surface area contributed by atoms with Gasteiger partial charge in [0.15, 0.2) is 5.82 Å². The van der Waals surface area contributed by atoms with Crippen molar-refractivity contribution in [1.29, 1.82) is 0 Å². The van der Waals surface area contributed by atoms with Crippen LogP contribution in [0.2, 0.25) is 0 Å². The van der Waals surface area contributed by atoms with Crippen molar-refractivity contribution in [2.45, 2.75) is 37.6 Å². The highest BCUT2D eigenvalue weighted by molar-refractivity contribution is 7.89. The van der Waals surface area contributed by atoms with E-state index in [1.165, 1.54) is 0 Å². The lowest BCUT2D eigenvalue weighted by molar-refractivity contribution is 0.274. The van der Waals surface area contributed by atoms with E-state index in [2.05, 4.69) is 14.8 Å². The lowest BCUT2D eigenvalue weighted by Crippen LogP contribution is -2.39. The number of benzene rings is 2. The van der Waals surface area contributed by atoms with Crippen molar-refractivity contribution in [2.75, 3.05) is 13.1 Å². The molecule has 0 N–H and O–H groups in total. The molecule has 7 heteroatoms. The van der Waals surface area contributed by atoms with Crippen molar-refractivity contribution in [2.24, 2.45) is 0 Å². The van der Waals surface area contributed by atoms with E-state index in [-0.39, 0.29) is 6.04 Å². The molecule has 2 aromatic carbocycles. The van der Waals surface area contributed by atoms with Crippen LogP contribution in [0, 0.1) is 13.8 Å². The molecule has 28 heavy (non-hydrogen) atoms. The molecule has 0 radical (unpaired) electrons. The molecule has 0 unspecified atom stereocenters. The van der Waals surface area contributed by atoms with E-state index in [1.807, 2.05) is 56.3 Å². The zero-order valence-electron chi connectivity index (χ0n) is 16.1. The summed E-state index contributed by atoms with van der Waals surface area (Å²) in [5.74, 6) is 0.830. The Kier molecular flexibility index (Phi) is 5.03. The Hall–Kier alpha value is -2.51. The summed E-state index contributed by atoms with van der Waals surface area (Å²) in [5, 5.41) is 8.37. The summed E-state index contributed by atoms with van der Waals surface area (Å²) in [6.07, 6.45) is 3.23. The normalized spacial score (nSPS) is 16.4. The van der Waals surface area contributed by atoms with Crippen molar-refractivity contribution in [1.82, 2.24) is 19.1 Å². The van der Waals surface area contributed by atoms with E-state index in [0.29, 0.717) is 18.0 Å². The summed E-state index contributed by atoms with van der Waals surface area (Å²) in [5.41, 5.74) is 2.88. The topological polar surface area (TPSA) is 68.1 Å². The monoisotopic (exact) mass is 396 g/mol. The van der Waals surface area contributed by atoms with Gasteiger partial charge in [0.1, 0.15) is 6.33 Å². The minimum atomic E-state index is -3.47. The first-order valence-corrected chi connectivity index (χ1v) is 10.9. The number of hydrogen-bond acceptors (Lipinski definition) is 4. The van der Waals surface area contributed by atoms with Gasteiger partial charge < -0.3 is 4.57 Å². The molecule has 2 heterocycles. The molecule has 1 aliphatic rings. The quantitative estimate of drug-likeness (QED) is 0.676. The molecular weight excluding hydrogens is 372 g/mol. The van der Waals surface area contributed by atoms with Gasteiger partial charge in [-0.2, -0.15) is 4.31 Å². The molecular formula is C21H24N4O2S. The van der Waals surface area contributed by atoms with Crippen molar-refractivity contribution in [3.8, 4) is 11.4 Å². The molecule has 1 aliphatic heterocycles. The molecule has 0 saturated carbocycles. The summed E-state index contributed by atoms with van der Waals surface area (Å²) in [6, 6.07) is 15.6. The van der Waals surface area contributed by atoms with E-state index in [9.17, 15) is 8.42 Å². The molecule has 0 spiro atoms. The predicted octanol–water partition coefficient (Wildman–Crippen LogP) is 3.59. The van der Waals surface area contributed by atoms with Crippen LogP contribution in [0.1, 0.15) is 30.0 Å². The molecule has 1 saturated heterocycles. The second kappa shape index (κ2) is 7.48. The number of aromatic nitrogens is 3. The van der Waals surface area contributed by atoms with Crippen LogP contribution in [0.25, 0.3) is 11.4 Å². The first kappa shape index (κ1) is 18.8. The van der Waals surface area contributed by atoms with Gasteiger partial charge in [-0.1, -0.05) is 48.0 Å². The molecule has 0 amide bonds. The second-order valence-electron chi connectivity index (χ2n) is 7.33. The third kappa shape index (κ3) is 3.47. The Labute approximate surface area is 165 Å². The Morgan fingerprint density at radius 2 is 1.71 bits per heavy atom. The molecule has 146 valence electrons. The van der Waals surface area contributed by atoms with Gasteiger partial charge in [-0.25, -0.2) is 8.42 Å². The van der Waals surface area contributed by atoms with Crippen molar-refractivity contribution in [3.63, 3.8) is 0 Å². The molecule has 6 nitrogen and oxygen atoms in total. The Morgan fingerprint density at radius 1 is 1.00 bits per heavy atom. The maximum atomic E-state index is 13.1. The summed E-state index contributed by atoms with van der Waals surface area (Å²) in [6.45, 7) is 4.81. The predicted molar refractivity (Wildman–Crippen MR) is 108 cm³/mol. The minimum absolute atomic E-state index is 0.191. The van der Waals surface area contributed by atoms with Crippen LogP contribution in [0.5, 0.6) is 0 Å². The fraction of sp³-hybridized carbons (Fsp3) is 0.333. The summed E-state index contributed by atoms with van der Waals surface area (Å²) in [7, 11) is -3.47. The molecule has 1 fully saturated rings. The maximum Gasteiger partial charge on any atom is 0.243 e. The van der Waals surface area contributed by atoms with Crippen LogP contribution in [0.3, 0.4) is 0 Å².